The van der Waals surface area contributed by atoms with Gasteiger partial charge in [-0.1, -0.05) is 42.5 Å². The standard InChI is InChI=1S/C44H30N4O12S4/c49-61(50,51)35-9-1-5-26(19-35)41-39-18-17-32(47-39)23-31-14-13-29(45-31)22-30-15-16-33(46-30)24-40-42(27-6-2-10-36(20-27)62(52,53)54)43(28-7-3-11-37(21-28)63(55,56)57)44(41)48(40)34-8-4-12-38(25-34)64(58,59)60/h1-25,45H,(H,49,50,51)(H,52,53,54)(H,55,56,57)(H,58,59,60). The van der Waals surface area contributed by atoms with E-state index in [1.807, 2.05) is 12.1 Å². The predicted molar refractivity (Wildman–Crippen MR) is 239 cm³/mol. The molecule has 4 aromatic carbocycles. The normalized spacial score (nSPS) is 13.1. The van der Waals surface area contributed by atoms with Crippen LogP contribution < -0.4 is 0 Å². The summed E-state index contributed by atoms with van der Waals surface area (Å²) >= 11 is 0. The van der Waals surface area contributed by atoms with Crippen LogP contribution in [0.5, 0.6) is 0 Å². The molecule has 0 amide bonds. The predicted octanol–water partition coefficient (Wildman–Crippen LogP) is 8.11. The Morgan fingerprint density at radius 2 is 0.844 bits per heavy atom. The average Bonchev–Trinajstić information content (AvgIpc) is 4.05. The fourth-order valence-corrected chi connectivity index (χ4v) is 9.74. The zero-order valence-corrected chi connectivity index (χ0v) is 35.7. The Morgan fingerprint density at radius 1 is 0.422 bits per heavy atom. The Balaban J connectivity index is 1.66. The minimum atomic E-state index is -4.89. The molecule has 64 heavy (non-hydrogen) atoms. The van der Waals surface area contributed by atoms with E-state index in [1.165, 1.54) is 59.2 Å². The van der Waals surface area contributed by atoms with Gasteiger partial charge < -0.3 is 9.55 Å². The van der Waals surface area contributed by atoms with Crippen LogP contribution in [0.1, 0.15) is 22.8 Å². The third-order valence-electron chi connectivity index (χ3n) is 10.3. The summed E-state index contributed by atoms with van der Waals surface area (Å²) in [5.74, 6) is 0. The molecular weight excluding hydrogens is 905 g/mol. The molecule has 7 aromatic rings. The molecule has 322 valence electrons. The minimum absolute atomic E-state index is 0.0412. The summed E-state index contributed by atoms with van der Waals surface area (Å²) in [4.78, 5) is 10.9. The van der Waals surface area contributed by atoms with Crippen molar-refractivity contribution in [3.63, 3.8) is 0 Å². The van der Waals surface area contributed by atoms with Crippen molar-refractivity contribution in [2.45, 2.75) is 19.6 Å². The van der Waals surface area contributed by atoms with Gasteiger partial charge in [-0.05, 0) is 126 Å². The number of nitrogens with zero attached hydrogens (tertiary/aromatic N) is 3. The van der Waals surface area contributed by atoms with Crippen LogP contribution >= 0.6 is 0 Å². The van der Waals surface area contributed by atoms with E-state index >= 15 is 0 Å². The van der Waals surface area contributed by atoms with Crippen LogP contribution in [0.2, 0.25) is 0 Å². The molecule has 2 aliphatic heterocycles. The zero-order chi connectivity index (χ0) is 45.3. The monoisotopic (exact) mass is 934 g/mol. The van der Waals surface area contributed by atoms with E-state index in [2.05, 4.69) is 4.98 Å². The molecule has 0 radical (unpaired) electrons. The Bertz CT molecular complexity index is 3860. The fourth-order valence-electron chi connectivity index (χ4n) is 7.64. The highest BCUT2D eigenvalue weighted by Crippen LogP contribution is 2.48. The Labute approximate surface area is 365 Å². The van der Waals surface area contributed by atoms with Crippen LogP contribution in [0.25, 0.3) is 85.4 Å². The van der Waals surface area contributed by atoms with Gasteiger partial charge in [0.15, 0.2) is 0 Å². The highest BCUT2D eigenvalue weighted by atomic mass is 32.2. The van der Waals surface area contributed by atoms with Gasteiger partial charge in [0.05, 0.1) is 53.4 Å². The number of hydrogen-bond donors (Lipinski definition) is 5. The summed E-state index contributed by atoms with van der Waals surface area (Å²) < 4.78 is 145. The quantitative estimate of drug-likeness (QED) is 0.0902. The maximum atomic E-state index is 12.8. The van der Waals surface area contributed by atoms with E-state index < -0.39 is 60.1 Å². The van der Waals surface area contributed by atoms with Gasteiger partial charge in [0.25, 0.3) is 40.5 Å². The highest BCUT2D eigenvalue weighted by Gasteiger charge is 2.28. The van der Waals surface area contributed by atoms with E-state index in [-0.39, 0.29) is 55.8 Å². The van der Waals surface area contributed by atoms with Gasteiger partial charge in [-0.25, -0.2) is 9.97 Å². The van der Waals surface area contributed by atoms with E-state index in [0.29, 0.717) is 28.1 Å². The molecule has 0 fully saturated rings. The molecule has 0 aliphatic carbocycles. The summed E-state index contributed by atoms with van der Waals surface area (Å²) in [6.07, 6.45) is 6.68. The van der Waals surface area contributed by atoms with Crippen molar-refractivity contribution >= 4 is 86.8 Å². The average molecular weight is 935 g/mol. The van der Waals surface area contributed by atoms with Crippen molar-refractivity contribution in [2.24, 2.45) is 0 Å². The van der Waals surface area contributed by atoms with Crippen LogP contribution in [0.3, 0.4) is 0 Å². The number of nitrogens with one attached hydrogen (secondary N) is 1. The number of hydrogen-bond acceptors (Lipinski definition) is 10. The molecule has 0 saturated heterocycles. The molecular formula is C44H30N4O12S4. The lowest BCUT2D eigenvalue weighted by Gasteiger charge is -2.15. The summed E-state index contributed by atoms with van der Waals surface area (Å²) in [6.45, 7) is 0. The van der Waals surface area contributed by atoms with E-state index in [4.69, 9.17) is 9.97 Å². The molecule has 0 saturated carbocycles. The maximum absolute atomic E-state index is 12.8. The highest BCUT2D eigenvalue weighted by molar-refractivity contribution is 7.86. The molecule has 0 atom stereocenters. The van der Waals surface area contributed by atoms with Crippen LogP contribution in [-0.2, 0) is 40.5 Å². The minimum Gasteiger partial charge on any atom is -0.355 e. The Kier molecular flexibility index (Phi) is 10.2. The van der Waals surface area contributed by atoms with Gasteiger partial charge in [0.2, 0.25) is 0 Å². The third kappa shape index (κ3) is 8.22. The first-order valence-electron chi connectivity index (χ1n) is 18.7. The lowest BCUT2D eigenvalue weighted by molar-refractivity contribution is 0.481. The van der Waals surface area contributed by atoms with Crippen molar-refractivity contribution in [3.05, 3.63) is 150 Å². The summed E-state index contributed by atoms with van der Waals surface area (Å²) in [5.41, 5.74) is 3.50. The molecule has 0 spiro atoms. The van der Waals surface area contributed by atoms with E-state index in [0.717, 1.165) is 42.5 Å². The molecule has 0 unspecified atom stereocenters. The van der Waals surface area contributed by atoms with Crippen LogP contribution in [0, 0.1) is 0 Å². The number of fused-ring (bicyclic) bond motifs is 8. The van der Waals surface area contributed by atoms with Crippen molar-refractivity contribution in [2.75, 3.05) is 0 Å². The second kappa shape index (κ2) is 15.4. The summed E-state index contributed by atoms with van der Waals surface area (Å²) in [7, 11) is -19.5. The zero-order valence-electron chi connectivity index (χ0n) is 32.5. The lowest BCUT2D eigenvalue weighted by Crippen LogP contribution is -2.02. The van der Waals surface area contributed by atoms with Crippen LogP contribution in [0.4, 0.5) is 0 Å². The summed E-state index contributed by atoms with van der Waals surface area (Å²) in [6, 6.07) is 29.4. The smallest absolute Gasteiger partial charge is 0.294 e. The Morgan fingerprint density at radius 3 is 1.36 bits per heavy atom. The summed E-state index contributed by atoms with van der Waals surface area (Å²) in [5, 5.41) is 0. The first kappa shape index (κ1) is 42.4. The molecule has 5 N–H and O–H groups in total. The number of aromatic amines is 1. The van der Waals surface area contributed by atoms with Crippen molar-refractivity contribution in [1.29, 1.82) is 0 Å². The molecule has 3 aromatic heterocycles. The van der Waals surface area contributed by atoms with Crippen molar-refractivity contribution < 1.29 is 51.9 Å². The van der Waals surface area contributed by atoms with Gasteiger partial charge in [-0.15, -0.1) is 0 Å². The number of rotatable bonds is 8. The second-order valence-corrected chi connectivity index (χ2v) is 20.2. The Hall–Kier alpha value is -6.88. The fraction of sp³-hybridized carbons (Fsp3) is 0. The van der Waals surface area contributed by atoms with Gasteiger partial charge in [0, 0.05) is 33.4 Å². The second-order valence-electron chi connectivity index (χ2n) is 14.5. The van der Waals surface area contributed by atoms with Crippen LogP contribution in [-0.4, -0.2) is 71.4 Å². The largest absolute Gasteiger partial charge is 0.355 e. The van der Waals surface area contributed by atoms with Gasteiger partial charge in [-0.3, -0.25) is 18.2 Å². The SMILES string of the molecule is O=S(=O)(O)c1cccc(-c2c(-c3cccc(S(=O)(=O)O)c3)c3c(-c4cccc(S(=O)(=O)O)c4)c4nc(cc5ccc(cc6nc(cc2n3-c2cccc(S(=O)(=O)O)c2)C=C6)[nH]5)C=C4)c1. The van der Waals surface area contributed by atoms with Crippen molar-refractivity contribution in [3.8, 4) is 39.1 Å². The van der Waals surface area contributed by atoms with E-state index in [9.17, 15) is 51.9 Å². The molecule has 20 heteroatoms. The van der Waals surface area contributed by atoms with Crippen LogP contribution in [0.15, 0.2) is 147 Å². The molecule has 2 aliphatic rings. The molecule has 9 rings (SSSR count). The molecule has 16 nitrogen and oxygen atoms in total. The van der Waals surface area contributed by atoms with Gasteiger partial charge in [0.1, 0.15) is 0 Å². The van der Waals surface area contributed by atoms with E-state index in [1.54, 1.807) is 42.5 Å². The van der Waals surface area contributed by atoms with Crippen molar-refractivity contribution in [1.82, 2.24) is 19.5 Å². The number of aromatic nitrogens is 4. The topological polar surface area (TPSA) is 264 Å². The number of benzene rings is 4. The molecule has 8 bridgehead atoms. The first-order chi connectivity index (χ1) is 30.2. The van der Waals surface area contributed by atoms with Gasteiger partial charge >= 0.3 is 0 Å². The number of H-pyrrole nitrogens is 1. The maximum Gasteiger partial charge on any atom is 0.294 e. The lowest BCUT2D eigenvalue weighted by atomic mass is 9.93. The van der Waals surface area contributed by atoms with Gasteiger partial charge in [-0.2, -0.15) is 33.7 Å². The first-order valence-corrected chi connectivity index (χ1v) is 24.5. The molecule has 5 heterocycles. The third-order valence-corrected chi connectivity index (χ3v) is 13.7.